The Bertz CT molecular complexity index is 276. The van der Waals surface area contributed by atoms with Gasteiger partial charge in [0.15, 0.2) is 0 Å². The van der Waals surface area contributed by atoms with Crippen LogP contribution in [-0.2, 0) is 0 Å². The SMILES string of the molecule is Clc1ccc(N2CCCCCC2)nc1. The van der Waals surface area contributed by atoms with E-state index in [0.29, 0.717) is 5.02 Å². The van der Waals surface area contributed by atoms with Gasteiger partial charge >= 0.3 is 0 Å². The van der Waals surface area contributed by atoms with Crippen LogP contribution >= 0.6 is 11.6 Å². The summed E-state index contributed by atoms with van der Waals surface area (Å²) in [7, 11) is 0. The predicted molar refractivity (Wildman–Crippen MR) is 59.9 cm³/mol. The second-order valence-electron chi connectivity index (χ2n) is 3.74. The van der Waals surface area contributed by atoms with E-state index in [2.05, 4.69) is 9.88 Å². The van der Waals surface area contributed by atoms with Gasteiger partial charge in [0.1, 0.15) is 5.82 Å². The van der Waals surface area contributed by atoms with Gasteiger partial charge in [-0.2, -0.15) is 0 Å². The van der Waals surface area contributed by atoms with Crippen molar-refractivity contribution < 1.29 is 0 Å². The van der Waals surface area contributed by atoms with E-state index in [4.69, 9.17) is 11.6 Å². The highest BCUT2D eigenvalue weighted by Crippen LogP contribution is 2.18. The van der Waals surface area contributed by atoms with Crippen molar-refractivity contribution >= 4 is 17.4 Å². The maximum Gasteiger partial charge on any atom is 0.128 e. The van der Waals surface area contributed by atoms with Gasteiger partial charge in [-0.05, 0) is 25.0 Å². The molecule has 1 aromatic rings. The van der Waals surface area contributed by atoms with E-state index in [9.17, 15) is 0 Å². The molecular formula is C11H15ClN2. The second kappa shape index (κ2) is 4.65. The fraction of sp³-hybridized carbons (Fsp3) is 0.545. The van der Waals surface area contributed by atoms with E-state index < -0.39 is 0 Å². The summed E-state index contributed by atoms with van der Waals surface area (Å²) in [5, 5.41) is 0.712. The highest BCUT2D eigenvalue weighted by atomic mass is 35.5. The number of anilines is 1. The fourth-order valence-corrected chi connectivity index (χ4v) is 1.97. The van der Waals surface area contributed by atoms with E-state index in [1.807, 2.05) is 12.1 Å². The molecule has 2 nitrogen and oxygen atoms in total. The van der Waals surface area contributed by atoms with Crippen molar-refractivity contribution in [1.29, 1.82) is 0 Å². The quantitative estimate of drug-likeness (QED) is 0.708. The molecule has 1 fully saturated rings. The maximum atomic E-state index is 5.80. The van der Waals surface area contributed by atoms with Gasteiger partial charge in [-0.3, -0.25) is 0 Å². The first kappa shape index (κ1) is 9.78. The molecule has 76 valence electrons. The van der Waals surface area contributed by atoms with Gasteiger partial charge in [-0.1, -0.05) is 24.4 Å². The molecule has 2 heterocycles. The highest BCUT2D eigenvalue weighted by molar-refractivity contribution is 6.30. The molecule has 0 spiro atoms. The van der Waals surface area contributed by atoms with Crippen LogP contribution in [0.2, 0.25) is 5.02 Å². The molecule has 0 atom stereocenters. The molecule has 0 aromatic carbocycles. The molecule has 0 saturated carbocycles. The minimum Gasteiger partial charge on any atom is -0.357 e. The van der Waals surface area contributed by atoms with Crippen molar-refractivity contribution in [1.82, 2.24) is 4.98 Å². The van der Waals surface area contributed by atoms with Crippen molar-refractivity contribution in [2.24, 2.45) is 0 Å². The van der Waals surface area contributed by atoms with Crippen LogP contribution in [-0.4, -0.2) is 18.1 Å². The van der Waals surface area contributed by atoms with Crippen LogP contribution in [0.3, 0.4) is 0 Å². The van der Waals surface area contributed by atoms with Gasteiger partial charge < -0.3 is 4.90 Å². The summed E-state index contributed by atoms with van der Waals surface area (Å²) in [4.78, 5) is 6.69. The second-order valence-corrected chi connectivity index (χ2v) is 4.17. The minimum absolute atomic E-state index is 0.712. The van der Waals surface area contributed by atoms with Crippen LogP contribution in [0.1, 0.15) is 25.7 Å². The molecule has 0 N–H and O–H groups in total. The summed E-state index contributed by atoms with van der Waals surface area (Å²) >= 11 is 5.80. The molecule has 0 amide bonds. The summed E-state index contributed by atoms with van der Waals surface area (Å²) in [5.41, 5.74) is 0. The first-order valence-corrected chi connectivity index (χ1v) is 5.60. The van der Waals surface area contributed by atoms with Gasteiger partial charge in [0.05, 0.1) is 5.02 Å². The Morgan fingerprint density at radius 3 is 2.36 bits per heavy atom. The Morgan fingerprint density at radius 2 is 1.79 bits per heavy atom. The van der Waals surface area contributed by atoms with Gasteiger partial charge in [-0.15, -0.1) is 0 Å². The summed E-state index contributed by atoms with van der Waals surface area (Å²) in [6.45, 7) is 2.27. The Morgan fingerprint density at radius 1 is 1.07 bits per heavy atom. The minimum atomic E-state index is 0.712. The lowest BCUT2D eigenvalue weighted by Crippen LogP contribution is -2.24. The lowest BCUT2D eigenvalue weighted by atomic mass is 10.2. The van der Waals surface area contributed by atoms with Crippen molar-refractivity contribution in [3.8, 4) is 0 Å². The third-order valence-electron chi connectivity index (χ3n) is 2.64. The van der Waals surface area contributed by atoms with Crippen LogP contribution < -0.4 is 4.90 Å². The number of aromatic nitrogens is 1. The summed E-state index contributed by atoms with van der Waals surface area (Å²) in [5.74, 6) is 1.07. The number of halogens is 1. The summed E-state index contributed by atoms with van der Waals surface area (Å²) in [6.07, 6.45) is 6.99. The van der Waals surface area contributed by atoms with E-state index in [-0.39, 0.29) is 0 Å². The third-order valence-corrected chi connectivity index (χ3v) is 2.87. The fourth-order valence-electron chi connectivity index (χ4n) is 1.85. The first-order chi connectivity index (χ1) is 6.86. The predicted octanol–water partition coefficient (Wildman–Crippen LogP) is 3.12. The molecule has 1 aliphatic heterocycles. The Labute approximate surface area is 89.9 Å². The van der Waals surface area contributed by atoms with Gasteiger partial charge in [-0.25, -0.2) is 4.98 Å². The van der Waals surface area contributed by atoms with Crippen molar-refractivity contribution in [3.05, 3.63) is 23.4 Å². The standard InChI is InChI=1S/C11H15ClN2/c12-10-5-6-11(13-9-10)14-7-3-1-2-4-8-14/h5-6,9H,1-4,7-8H2. The summed E-state index contributed by atoms with van der Waals surface area (Å²) in [6, 6.07) is 3.92. The van der Waals surface area contributed by atoms with Gasteiger partial charge in [0, 0.05) is 19.3 Å². The zero-order chi connectivity index (χ0) is 9.80. The van der Waals surface area contributed by atoms with Crippen molar-refractivity contribution in [2.45, 2.75) is 25.7 Å². The van der Waals surface area contributed by atoms with Crippen LogP contribution in [0.25, 0.3) is 0 Å². The van der Waals surface area contributed by atoms with Crippen molar-refractivity contribution in [2.75, 3.05) is 18.0 Å². The molecule has 1 aromatic heterocycles. The smallest absolute Gasteiger partial charge is 0.128 e. The highest BCUT2D eigenvalue weighted by Gasteiger charge is 2.10. The zero-order valence-corrected chi connectivity index (χ0v) is 9.00. The molecule has 0 unspecified atom stereocenters. The number of hydrogen-bond donors (Lipinski definition) is 0. The van der Waals surface area contributed by atoms with Crippen LogP contribution in [0.4, 0.5) is 5.82 Å². The number of rotatable bonds is 1. The van der Waals surface area contributed by atoms with Crippen LogP contribution in [0.15, 0.2) is 18.3 Å². The first-order valence-electron chi connectivity index (χ1n) is 5.23. The van der Waals surface area contributed by atoms with Crippen LogP contribution in [0.5, 0.6) is 0 Å². The zero-order valence-electron chi connectivity index (χ0n) is 8.25. The third kappa shape index (κ3) is 2.38. The Balaban J connectivity index is 2.08. The topological polar surface area (TPSA) is 16.1 Å². The molecule has 1 aliphatic rings. The average molecular weight is 211 g/mol. The number of hydrogen-bond acceptors (Lipinski definition) is 2. The van der Waals surface area contributed by atoms with E-state index >= 15 is 0 Å². The van der Waals surface area contributed by atoms with E-state index in [1.165, 1.54) is 25.7 Å². The molecule has 2 rings (SSSR count). The molecule has 0 aliphatic carbocycles. The lowest BCUT2D eigenvalue weighted by molar-refractivity contribution is 0.726. The van der Waals surface area contributed by atoms with E-state index in [0.717, 1.165) is 18.9 Å². The molecule has 14 heavy (non-hydrogen) atoms. The average Bonchev–Trinajstić information content (AvgIpc) is 2.47. The molecular weight excluding hydrogens is 196 g/mol. The maximum absolute atomic E-state index is 5.80. The van der Waals surface area contributed by atoms with E-state index in [1.54, 1.807) is 6.20 Å². The Kier molecular flexibility index (Phi) is 3.25. The largest absolute Gasteiger partial charge is 0.357 e. The number of pyridine rings is 1. The Hall–Kier alpha value is -0.760. The van der Waals surface area contributed by atoms with Crippen LogP contribution in [0, 0.1) is 0 Å². The molecule has 1 saturated heterocycles. The molecule has 3 heteroatoms. The van der Waals surface area contributed by atoms with Crippen molar-refractivity contribution in [3.63, 3.8) is 0 Å². The number of nitrogens with zero attached hydrogens (tertiary/aromatic N) is 2. The monoisotopic (exact) mass is 210 g/mol. The van der Waals surface area contributed by atoms with Gasteiger partial charge in [0.25, 0.3) is 0 Å². The lowest BCUT2D eigenvalue weighted by Gasteiger charge is -2.20. The normalized spacial score (nSPS) is 17.9. The summed E-state index contributed by atoms with van der Waals surface area (Å²) < 4.78 is 0. The molecule has 0 bridgehead atoms. The van der Waals surface area contributed by atoms with Gasteiger partial charge in [0.2, 0.25) is 0 Å². The molecule has 0 radical (unpaired) electrons.